The number of halogens is 4. The molecule has 9 heteroatoms. The molecule has 3 aromatic heterocycles. The maximum atomic E-state index is 14.3. The van der Waals surface area contributed by atoms with Crippen molar-refractivity contribution in [2.75, 3.05) is 0 Å². The smallest absolute Gasteiger partial charge is 0.380 e. The number of nitrogens with two attached hydrogens (primary N) is 1. The summed E-state index contributed by atoms with van der Waals surface area (Å²) < 4.78 is 58.6. The average Bonchev–Trinajstić information content (AvgIpc) is 3.30. The van der Waals surface area contributed by atoms with Crippen molar-refractivity contribution < 1.29 is 22.7 Å². The molecular weight excluding hydrogens is 544 g/mol. The van der Waals surface area contributed by atoms with Crippen molar-refractivity contribution in [3.63, 3.8) is 0 Å². The molecule has 2 saturated carbocycles. The van der Waals surface area contributed by atoms with Gasteiger partial charge in [0.15, 0.2) is 5.60 Å². The van der Waals surface area contributed by atoms with Crippen LogP contribution in [-0.4, -0.2) is 36.8 Å². The lowest BCUT2D eigenvalue weighted by Gasteiger charge is -2.56. The first-order chi connectivity index (χ1) is 20.0. The molecule has 0 spiro atoms. The normalized spacial score (nSPS) is 29.9. The molecule has 220 valence electrons. The minimum Gasteiger partial charge on any atom is -0.380 e. The fourth-order valence-corrected chi connectivity index (χ4v) is 8.08. The van der Waals surface area contributed by atoms with Gasteiger partial charge in [0.1, 0.15) is 5.82 Å². The lowest BCUT2D eigenvalue weighted by molar-refractivity contribution is -0.281. The number of benzene rings is 1. The van der Waals surface area contributed by atoms with Crippen LogP contribution in [0.15, 0.2) is 67.3 Å². The van der Waals surface area contributed by atoms with E-state index in [0.29, 0.717) is 25.2 Å². The van der Waals surface area contributed by atoms with Crippen LogP contribution in [0.2, 0.25) is 0 Å². The van der Waals surface area contributed by atoms with Gasteiger partial charge in [-0.15, -0.1) is 0 Å². The summed E-state index contributed by atoms with van der Waals surface area (Å²) in [5.41, 5.74) is 7.38. The average molecular weight is 579 g/mol. The van der Waals surface area contributed by atoms with E-state index in [4.69, 9.17) is 5.73 Å². The number of fused-ring (bicyclic) bond motifs is 4. The second kappa shape index (κ2) is 9.61. The zero-order valence-corrected chi connectivity index (χ0v) is 23.2. The molecule has 4 aromatic rings. The summed E-state index contributed by atoms with van der Waals surface area (Å²) in [5.74, 6) is 0.217. The molecule has 1 aromatic carbocycles. The molecule has 3 aliphatic rings. The number of hydrogen-bond donors (Lipinski definition) is 2. The summed E-state index contributed by atoms with van der Waals surface area (Å²) in [4.78, 5) is 9.27. The minimum atomic E-state index is -4.78. The van der Waals surface area contributed by atoms with Gasteiger partial charge in [-0.1, -0.05) is 12.5 Å². The van der Waals surface area contributed by atoms with Gasteiger partial charge >= 0.3 is 6.18 Å². The molecular formula is C33H34F4N4O. The van der Waals surface area contributed by atoms with Crippen LogP contribution in [0.1, 0.15) is 74.1 Å². The van der Waals surface area contributed by atoms with Crippen molar-refractivity contribution in [3.05, 3.63) is 89.9 Å². The molecule has 0 aliphatic heterocycles. The van der Waals surface area contributed by atoms with E-state index in [-0.39, 0.29) is 18.2 Å². The maximum absolute atomic E-state index is 14.3. The summed E-state index contributed by atoms with van der Waals surface area (Å²) in [6, 6.07) is 14.0. The zero-order valence-electron chi connectivity index (χ0n) is 23.2. The van der Waals surface area contributed by atoms with E-state index in [0.717, 1.165) is 52.9 Å². The van der Waals surface area contributed by atoms with Crippen LogP contribution in [0.5, 0.6) is 0 Å². The summed E-state index contributed by atoms with van der Waals surface area (Å²) >= 11 is 0. The standard InChI is InChI=1S/C33H34F4N4O/c34-23-9-7-22(8-10-23)29-28-16-26-25(21-4-3-5-21)11-12-31(38)19-32(42,33(35,36)37)14-13-30(31,17-24-6-1-2-15-39-24)27(26)18-41(28)20-40-29/h1-2,6-10,15-16,18,20-21,25,42H,3-5,11-14,17,19,38H2. The molecule has 0 radical (unpaired) electrons. The number of hydrogen-bond acceptors (Lipinski definition) is 4. The van der Waals surface area contributed by atoms with E-state index in [1.807, 2.05) is 28.8 Å². The highest BCUT2D eigenvalue weighted by molar-refractivity contribution is 5.78. The van der Waals surface area contributed by atoms with Gasteiger partial charge in [-0.25, -0.2) is 9.37 Å². The molecule has 3 N–H and O–H groups in total. The lowest BCUT2D eigenvalue weighted by Crippen LogP contribution is -2.68. The Morgan fingerprint density at radius 1 is 1.00 bits per heavy atom. The number of alkyl halides is 3. The van der Waals surface area contributed by atoms with Gasteiger partial charge < -0.3 is 15.2 Å². The third kappa shape index (κ3) is 4.19. The highest BCUT2D eigenvalue weighted by Crippen LogP contribution is 2.60. The van der Waals surface area contributed by atoms with Gasteiger partial charge in [-0.05, 0) is 104 Å². The highest BCUT2D eigenvalue weighted by atomic mass is 19.4. The van der Waals surface area contributed by atoms with Crippen LogP contribution >= 0.6 is 0 Å². The Kier molecular flexibility index (Phi) is 6.30. The third-order valence-electron chi connectivity index (χ3n) is 10.6. The van der Waals surface area contributed by atoms with Gasteiger partial charge in [-0.3, -0.25) is 4.98 Å². The van der Waals surface area contributed by atoms with Gasteiger partial charge in [0, 0.05) is 47.4 Å². The van der Waals surface area contributed by atoms with Gasteiger partial charge in [0.2, 0.25) is 0 Å². The van der Waals surface area contributed by atoms with Crippen LogP contribution in [0.3, 0.4) is 0 Å². The first-order valence-corrected chi connectivity index (χ1v) is 14.8. The van der Waals surface area contributed by atoms with Crippen LogP contribution in [-0.2, 0) is 11.8 Å². The predicted octanol–water partition coefficient (Wildman–Crippen LogP) is 6.87. The molecule has 4 atom stereocenters. The van der Waals surface area contributed by atoms with Gasteiger partial charge in [0.05, 0.1) is 17.5 Å². The predicted molar refractivity (Wildman–Crippen MR) is 151 cm³/mol. The van der Waals surface area contributed by atoms with Crippen molar-refractivity contribution >= 4 is 5.52 Å². The quantitative estimate of drug-likeness (QED) is 0.259. The molecule has 0 bridgehead atoms. The summed E-state index contributed by atoms with van der Waals surface area (Å²) in [7, 11) is 0. The topological polar surface area (TPSA) is 76.4 Å². The monoisotopic (exact) mass is 578 g/mol. The lowest BCUT2D eigenvalue weighted by atomic mass is 9.52. The van der Waals surface area contributed by atoms with Crippen molar-refractivity contribution in [3.8, 4) is 11.3 Å². The summed E-state index contributed by atoms with van der Waals surface area (Å²) in [6.45, 7) is 0. The van der Waals surface area contributed by atoms with Crippen LogP contribution in [0.4, 0.5) is 17.6 Å². The Morgan fingerprint density at radius 2 is 1.79 bits per heavy atom. The van der Waals surface area contributed by atoms with Gasteiger partial charge in [0.25, 0.3) is 0 Å². The number of aromatic nitrogens is 3. The van der Waals surface area contributed by atoms with Crippen LogP contribution < -0.4 is 5.73 Å². The molecule has 7 rings (SSSR count). The van der Waals surface area contributed by atoms with E-state index in [2.05, 4.69) is 16.0 Å². The first-order valence-electron chi connectivity index (χ1n) is 14.8. The molecule has 5 nitrogen and oxygen atoms in total. The Bertz CT molecular complexity index is 1620. The molecule has 0 saturated heterocycles. The fourth-order valence-electron chi connectivity index (χ4n) is 8.08. The molecule has 4 unspecified atom stereocenters. The maximum Gasteiger partial charge on any atom is 0.417 e. The Labute approximate surface area is 241 Å². The number of imidazole rings is 1. The van der Waals surface area contributed by atoms with E-state index in [9.17, 15) is 22.7 Å². The Morgan fingerprint density at radius 3 is 2.45 bits per heavy atom. The van der Waals surface area contributed by atoms with E-state index in [1.54, 1.807) is 24.7 Å². The second-order valence-corrected chi connectivity index (χ2v) is 12.8. The number of aliphatic hydroxyl groups is 1. The van der Waals surface area contributed by atoms with E-state index in [1.165, 1.54) is 12.1 Å². The first kappa shape index (κ1) is 27.5. The van der Waals surface area contributed by atoms with Crippen molar-refractivity contribution in [1.82, 2.24) is 14.4 Å². The molecule has 2 fully saturated rings. The van der Waals surface area contributed by atoms with Crippen LogP contribution in [0, 0.1) is 11.7 Å². The highest BCUT2D eigenvalue weighted by Gasteiger charge is 2.66. The Hall–Kier alpha value is -3.30. The number of nitrogens with zero attached hydrogens (tertiary/aromatic N) is 3. The molecule has 0 amide bonds. The number of pyridine rings is 2. The largest absolute Gasteiger partial charge is 0.417 e. The summed E-state index contributed by atoms with van der Waals surface area (Å²) in [5, 5.41) is 11.0. The second-order valence-electron chi connectivity index (χ2n) is 12.8. The zero-order chi connectivity index (χ0) is 29.3. The third-order valence-corrected chi connectivity index (χ3v) is 10.6. The fraction of sp³-hybridized carbons (Fsp3) is 0.455. The van der Waals surface area contributed by atoms with Crippen molar-refractivity contribution in [2.24, 2.45) is 11.7 Å². The SMILES string of the molecule is NC12CCC(C3CCC3)c3cc4c(-c5ccc(F)cc5)ncn4cc3C1(Cc1ccccn1)CCC(O)(C(F)(F)F)C2. The van der Waals surface area contributed by atoms with E-state index >= 15 is 0 Å². The minimum absolute atomic E-state index is 0.0749. The molecule has 3 aliphatic carbocycles. The molecule has 3 heterocycles. The van der Waals surface area contributed by atoms with Gasteiger partial charge in [-0.2, -0.15) is 13.2 Å². The van der Waals surface area contributed by atoms with Crippen molar-refractivity contribution in [2.45, 2.75) is 86.4 Å². The summed E-state index contributed by atoms with van der Waals surface area (Å²) in [6.07, 6.45) is 4.37. The Balaban J connectivity index is 1.46. The molecule has 42 heavy (non-hydrogen) atoms. The number of rotatable bonds is 4. The van der Waals surface area contributed by atoms with E-state index < -0.39 is 35.6 Å². The van der Waals surface area contributed by atoms with Crippen LogP contribution in [0.25, 0.3) is 16.8 Å². The van der Waals surface area contributed by atoms with Crippen molar-refractivity contribution in [1.29, 1.82) is 0 Å².